The van der Waals surface area contributed by atoms with Crippen molar-refractivity contribution in [2.45, 2.75) is 45.7 Å². The fourth-order valence-corrected chi connectivity index (χ4v) is 3.41. The molecule has 0 aliphatic heterocycles. The van der Waals surface area contributed by atoms with Gasteiger partial charge >= 0.3 is 0 Å². The summed E-state index contributed by atoms with van der Waals surface area (Å²) < 4.78 is 1.38. The minimum atomic E-state index is -0.171. The third kappa shape index (κ3) is 3.28. The zero-order valence-corrected chi connectivity index (χ0v) is 13.7. The average molecular weight is 313 g/mol. The van der Waals surface area contributed by atoms with Crippen molar-refractivity contribution in [2.24, 2.45) is 11.8 Å². The molecule has 1 aliphatic rings. The third-order valence-corrected chi connectivity index (χ3v) is 5.10. The van der Waals surface area contributed by atoms with Crippen LogP contribution in [0.4, 0.5) is 0 Å². The number of amides is 1. The van der Waals surface area contributed by atoms with Gasteiger partial charge in [-0.25, -0.2) is 4.98 Å². The second-order valence-electron chi connectivity index (χ2n) is 6.64. The molecule has 1 N–H and O–H groups in total. The van der Waals surface area contributed by atoms with Gasteiger partial charge in [-0.1, -0.05) is 38.8 Å². The van der Waals surface area contributed by atoms with Gasteiger partial charge in [0.25, 0.3) is 5.56 Å². The van der Waals surface area contributed by atoms with E-state index in [9.17, 15) is 9.59 Å². The molecule has 0 radical (unpaired) electrons. The molecule has 5 heteroatoms. The Kier molecular flexibility index (Phi) is 4.46. The molecule has 1 amide bonds. The molecule has 1 heterocycles. The van der Waals surface area contributed by atoms with Crippen molar-refractivity contribution in [1.82, 2.24) is 14.9 Å². The van der Waals surface area contributed by atoms with Crippen LogP contribution in [0.25, 0.3) is 10.9 Å². The molecule has 1 fully saturated rings. The monoisotopic (exact) mass is 313 g/mol. The van der Waals surface area contributed by atoms with Gasteiger partial charge in [0.05, 0.1) is 17.2 Å². The predicted molar refractivity (Wildman–Crippen MR) is 90.1 cm³/mol. The summed E-state index contributed by atoms with van der Waals surface area (Å²) in [5.74, 6) is 0.980. The highest BCUT2D eigenvalue weighted by Gasteiger charge is 2.28. The van der Waals surface area contributed by atoms with Crippen molar-refractivity contribution >= 4 is 16.8 Å². The molecular weight excluding hydrogens is 290 g/mol. The Bertz CT molecular complexity index is 768. The average Bonchev–Trinajstić information content (AvgIpc) is 2.55. The molecule has 1 saturated carbocycles. The molecule has 0 spiro atoms. The standard InChI is InChI=1S/C18H23N3O2/c1-12-6-5-9-15(13(12)2)20-17(22)10-21-11-19-16-8-4-3-7-14(16)18(21)23/h3-4,7-8,11-13,15H,5-6,9-10H2,1-2H3,(H,20,22)/t12-,13+,15-/m0/s1. The number of para-hydroxylation sites is 1. The van der Waals surface area contributed by atoms with Crippen LogP contribution >= 0.6 is 0 Å². The number of hydrogen-bond acceptors (Lipinski definition) is 3. The van der Waals surface area contributed by atoms with E-state index in [1.54, 1.807) is 18.2 Å². The van der Waals surface area contributed by atoms with Crippen LogP contribution in [0.5, 0.6) is 0 Å². The second-order valence-corrected chi connectivity index (χ2v) is 6.64. The fourth-order valence-electron chi connectivity index (χ4n) is 3.41. The van der Waals surface area contributed by atoms with E-state index in [-0.39, 0.29) is 24.1 Å². The molecular formula is C18H23N3O2. The molecule has 1 aromatic heterocycles. The van der Waals surface area contributed by atoms with Gasteiger partial charge in [-0.3, -0.25) is 14.2 Å². The smallest absolute Gasteiger partial charge is 0.261 e. The van der Waals surface area contributed by atoms with E-state index < -0.39 is 0 Å². The van der Waals surface area contributed by atoms with Crippen LogP contribution in [0.2, 0.25) is 0 Å². The van der Waals surface area contributed by atoms with Crippen LogP contribution in [0.3, 0.4) is 0 Å². The summed E-state index contributed by atoms with van der Waals surface area (Å²) in [6.45, 7) is 4.45. The van der Waals surface area contributed by atoms with E-state index in [0.717, 1.165) is 12.8 Å². The Hall–Kier alpha value is -2.17. The SMILES string of the molecule is C[C@H]1[C@@H](NC(=O)Cn2cnc3ccccc3c2=O)CCC[C@@H]1C. The van der Waals surface area contributed by atoms with E-state index >= 15 is 0 Å². The van der Waals surface area contributed by atoms with Crippen LogP contribution in [0.15, 0.2) is 35.4 Å². The van der Waals surface area contributed by atoms with E-state index in [1.807, 2.05) is 6.07 Å². The number of fused-ring (bicyclic) bond motifs is 1. The Labute approximate surface area is 135 Å². The van der Waals surface area contributed by atoms with Crippen molar-refractivity contribution in [1.29, 1.82) is 0 Å². The van der Waals surface area contributed by atoms with Gasteiger partial charge in [-0.05, 0) is 30.4 Å². The van der Waals surface area contributed by atoms with Crippen molar-refractivity contribution in [3.63, 3.8) is 0 Å². The molecule has 5 nitrogen and oxygen atoms in total. The molecule has 122 valence electrons. The number of hydrogen-bond donors (Lipinski definition) is 1. The van der Waals surface area contributed by atoms with Gasteiger partial charge in [0, 0.05) is 6.04 Å². The lowest BCUT2D eigenvalue weighted by Gasteiger charge is -2.34. The molecule has 23 heavy (non-hydrogen) atoms. The minimum Gasteiger partial charge on any atom is -0.352 e. The highest BCUT2D eigenvalue weighted by molar-refractivity contribution is 5.79. The maximum atomic E-state index is 12.4. The lowest BCUT2D eigenvalue weighted by Crippen LogP contribution is -2.45. The Morgan fingerprint density at radius 2 is 2.09 bits per heavy atom. The van der Waals surface area contributed by atoms with Crippen LogP contribution in [0.1, 0.15) is 33.1 Å². The maximum Gasteiger partial charge on any atom is 0.261 e. The van der Waals surface area contributed by atoms with E-state index in [4.69, 9.17) is 0 Å². The zero-order chi connectivity index (χ0) is 16.4. The molecule has 0 unspecified atom stereocenters. The summed E-state index contributed by atoms with van der Waals surface area (Å²) in [5.41, 5.74) is 0.486. The first-order valence-electron chi connectivity index (χ1n) is 8.30. The van der Waals surface area contributed by atoms with Gasteiger partial charge in [0.15, 0.2) is 0 Å². The number of rotatable bonds is 3. The number of carbonyl (C=O) groups excluding carboxylic acids is 1. The first-order valence-corrected chi connectivity index (χ1v) is 8.30. The Balaban J connectivity index is 1.73. The van der Waals surface area contributed by atoms with Crippen LogP contribution in [-0.2, 0) is 11.3 Å². The normalized spacial score (nSPS) is 24.5. The molecule has 3 atom stereocenters. The van der Waals surface area contributed by atoms with E-state index in [0.29, 0.717) is 22.7 Å². The minimum absolute atomic E-state index is 0.0221. The topological polar surface area (TPSA) is 64.0 Å². The summed E-state index contributed by atoms with van der Waals surface area (Å²) in [7, 11) is 0. The molecule has 1 aliphatic carbocycles. The largest absolute Gasteiger partial charge is 0.352 e. The lowest BCUT2D eigenvalue weighted by atomic mass is 9.78. The van der Waals surface area contributed by atoms with Gasteiger partial charge < -0.3 is 5.32 Å². The molecule has 2 aromatic rings. The first kappa shape index (κ1) is 15.7. The number of carbonyl (C=O) groups is 1. The van der Waals surface area contributed by atoms with Crippen LogP contribution in [0, 0.1) is 11.8 Å². The van der Waals surface area contributed by atoms with Gasteiger partial charge in [0.1, 0.15) is 6.54 Å². The van der Waals surface area contributed by atoms with Crippen molar-refractivity contribution < 1.29 is 4.79 Å². The molecule has 0 bridgehead atoms. The quantitative estimate of drug-likeness (QED) is 0.946. The van der Waals surface area contributed by atoms with E-state index in [2.05, 4.69) is 24.1 Å². The van der Waals surface area contributed by atoms with Crippen molar-refractivity contribution in [3.05, 3.63) is 40.9 Å². The van der Waals surface area contributed by atoms with Crippen molar-refractivity contribution in [3.8, 4) is 0 Å². The highest BCUT2D eigenvalue weighted by atomic mass is 16.2. The third-order valence-electron chi connectivity index (χ3n) is 5.10. The van der Waals surface area contributed by atoms with Gasteiger partial charge in [-0.2, -0.15) is 0 Å². The second kappa shape index (κ2) is 6.52. The van der Waals surface area contributed by atoms with Crippen molar-refractivity contribution in [2.75, 3.05) is 0 Å². The molecule has 1 aromatic carbocycles. The summed E-state index contributed by atoms with van der Waals surface area (Å²) in [5, 5.41) is 3.64. The Morgan fingerprint density at radius 3 is 2.91 bits per heavy atom. The van der Waals surface area contributed by atoms with Gasteiger partial charge in [0.2, 0.25) is 5.91 Å². The fraction of sp³-hybridized carbons (Fsp3) is 0.500. The van der Waals surface area contributed by atoms with Gasteiger partial charge in [-0.15, -0.1) is 0 Å². The molecule has 3 rings (SSSR count). The van der Waals surface area contributed by atoms with Crippen LogP contribution < -0.4 is 10.9 Å². The maximum absolute atomic E-state index is 12.4. The summed E-state index contributed by atoms with van der Waals surface area (Å²) in [6.07, 6.45) is 4.84. The summed E-state index contributed by atoms with van der Waals surface area (Å²) >= 11 is 0. The van der Waals surface area contributed by atoms with E-state index in [1.165, 1.54) is 17.3 Å². The molecule has 0 saturated heterocycles. The van der Waals surface area contributed by atoms with Crippen LogP contribution in [-0.4, -0.2) is 21.5 Å². The number of aromatic nitrogens is 2. The summed E-state index contributed by atoms with van der Waals surface area (Å²) in [4.78, 5) is 29.0. The Morgan fingerprint density at radius 1 is 1.30 bits per heavy atom. The lowest BCUT2D eigenvalue weighted by molar-refractivity contribution is -0.123. The number of nitrogens with zero attached hydrogens (tertiary/aromatic N) is 2. The number of nitrogens with one attached hydrogen (secondary N) is 1. The zero-order valence-electron chi connectivity index (χ0n) is 13.7. The number of benzene rings is 1. The highest BCUT2D eigenvalue weighted by Crippen LogP contribution is 2.29. The summed E-state index contributed by atoms with van der Waals surface area (Å²) in [6, 6.07) is 7.39. The predicted octanol–water partition coefficient (Wildman–Crippen LogP) is 2.34. The first-order chi connectivity index (χ1) is 11.1.